The van der Waals surface area contributed by atoms with E-state index in [0.717, 1.165) is 0 Å². The molecule has 1 fully saturated rings. The zero-order valence-corrected chi connectivity index (χ0v) is 10.1. The molecule has 0 unspecified atom stereocenters. The molecule has 3 N–H and O–H groups in total. The number of carbonyl (C=O) groups is 1. The van der Waals surface area contributed by atoms with Crippen molar-refractivity contribution in [2.45, 2.75) is 63.9 Å². The standard InChI is InChI=1S/C11H21FN2O2/c1-11(2,3)16-10(15)14-9-6-7(12)4-5-8(9)13/h7-9H,4-6,13H2,1-3H3,(H,14,15)/t7-,8-,9+/m0/s1. The molecule has 0 aliphatic heterocycles. The van der Waals surface area contributed by atoms with Crippen LogP contribution in [0, 0.1) is 0 Å². The molecule has 3 atom stereocenters. The van der Waals surface area contributed by atoms with E-state index in [1.165, 1.54) is 0 Å². The Balaban J connectivity index is 2.43. The predicted octanol–water partition coefficient (Wildman–Crippen LogP) is 1.73. The van der Waals surface area contributed by atoms with Crippen molar-refractivity contribution in [3.63, 3.8) is 0 Å². The Bertz CT molecular complexity index is 253. The van der Waals surface area contributed by atoms with Crippen LogP contribution in [-0.4, -0.2) is 29.9 Å². The van der Waals surface area contributed by atoms with Gasteiger partial charge >= 0.3 is 6.09 Å². The van der Waals surface area contributed by atoms with Crippen LogP contribution in [-0.2, 0) is 4.74 Å². The molecular weight excluding hydrogens is 211 g/mol. The molecule has 1 amide bonds. The fourth-order valence-corrected chi connectivity index (χ4v) is 1.77. The van der Waals surface area contributed by atoms with E-state index in [1.807, 2.05) is 0 Å². The Morgan fingerprint density at radius 3 is 2.62 bits per heavy atom. The summed E-state index contributed by atoms with van der Waals surface area (Å²) in [7, 11) is 0. The van der Waals surface area contributed by atoms with E-state index >= 15 is 0 Å². The van der Waals surface area contributed by atoms with Crippen LogP contribution in [0.5, 0.6) is 0 Å². The fourth-order valence-electron chi connectivity index (χ4n) is 1.77. The van der Waals surface area contributed by atoms with Crippen LogP contribution in [0.3, 0.4) is 0 Å². The molecule has 1 saturated carbocycles. The van der Waals surface area contributed by atoms with Gasteiger partial charge in [0.25, 0.3) is 0 Å². The number of hydrogen-bond donors (Lipinski definition) is 2. The van der Waals surface area contributed by atoms with Gasteiger partial charge in [-0.1, -0.05) is 0 Å². The minimum absolute atomic E-state index is 0.181. The second-order valence-electron chi connectivity index (χ2n) is 5.33. The quantitative estimate of drug-likeness (QED) is 0.723. The van der Waals surface area contributed by atoms with E-state index in [9.17, 15) is 9.18 Å². The van der Waals surface area contributed by atoms with Crippen molar-refractivity contribution < 1.29 is 13.9 Å². The summed E-state index contributed by atoms with van der Waals surface area (Å²) in [6, 6.07) is -0.502. The first kappa shape index (κ1) is 13.2. The molecule has 16 heavy (non-hydrogen) atoms. The smallest absolute Gasteiger partial charge is 0.407 e. The molecule has 0 saturated heterocycles. The summed E-state index contributed by atoms with van der Waals surface area (Å²) in [4.78, 5) is 11.5. The van der Waals surface area contributed by atoms with Crippen molar-refractivity contribution >= 4 is 6.09 Å². The highest BCUT2D eigenvalue weighted by atomic mass is 19.1. The Morgan fingerprint density at radius 2 is 2.06 bits per heavy atom. The van der Waals surface area contributed by atoms with E-state index in [1.54, 1.807) is 20.8 Å². The molecule has 94 valence electrons. The molecule has 1 rings (SSSR count). The average molecular weight is 232 g/mol. The van der Waals surface area contributed by atoms with Crippen molar-refractivity contribution in [3.8, 4) is 0 Å². The lowest BCUT2D eigenvalue weighted by Crippen LogP contribution is -2.52. The Morgan fingerprint density at radius 1 is 1.44 bits per heavy atom. The van der Waals surface area contributed by atoms with Gasteiger partial charge in [0, 0.05) is 12.5 Å². The molecule has 0 heterocycles. The van der Waals surface area contributed by atoms with Crippen molar-refractivity contribution in [2.75, 3.05) is 0 Å². The van der Waals surface area contributed by atoms with Crippen LogP contribution in [0.25, 0.3) is 0 Å². The maximum atomic E-state index is 13.1. The molecule has 4 nitrogen and oxygen atoms in total. The monoisotopic (exact) mass is 232 g/mol. The third kappa shape index (κ3) is 4.35. The Labute approximate surface area is 95.7 Å². The zero-order chi connectivity index (χ0) is 12.3. The number of amides is 1. The number of nitrogens with two attached hydrogens (primary N) is 1. The molecule has 0 aromatic heterocycles. The number of ether oxygens (including phenoxy) is 1. The highest BCUT2D eigenvalue weighted by Crippen LogP contribution is 2.20. The molecule has 0 aromatic carbocycles. The van der Waals surface area contributed by atoms with Gasteiger partial charge in [-0.05, 0) is 33.6 Å². The third-order valence-electron chi connectivity index (χ3n) is 2.54. The summed E-state index contributed by atoms with van der Waals surface area (Å²) in [5, 5.41) is 2.63. The summed E-state index contributed by atoms with van der Waals surface area (Å²) in [5.74, 6) is 0. The van der Waals surface area contributed by atoms with Crippen LogP contribution in [0.4, 0.5) is 9.18 Å². The van der Waals surface area contributed by atoms with Gasteiger partial charge < -0.3 is 15.8 Å². The lowest BCUT2D eigenvalue weighted by atomic mass is 9.90. The molecule has 1 aliphatic rings. The summed E-state index contributed by atoms with van der Waals surface area (Å²) >= 11 is 0. The molecule has 5 heteroatoms. The first-order chi connectivity index (χ1) is 7.28. The minimum Gasteiger partial charge on any atom is -0.444 e. The largest absolute Gasteiger partial charge is 0.444 e. The summed E-state index contributed by atoms with van der Waals surface area (Å²) in [5.41, 5.74) is 5.27. The first-order valence-corrected chi connectivity index (χ1v) is 5.67. The lowest BCUT2D eigenvalue weighted by molar-refractivity contribution is 0.0469. The summed E-state index contributed by atoms with van der Waals surface area (Å²) < 4.78 is 18.2. The van der Waals surface area contributed by atoms with Gasteiger partial charge in [-0.3, -0.25) is 0 Å². The van der Waals surface area contributed by atoms with Crippen molar-refractivity contribution in [3.05, 3.63) is 0 Å². The number of nitrogens with one attached hydrogen (secondary N) is 1. The van der Waals surface area contributed by atoms with Gasteiger partial charge in [0.15, 0.2) is 0 Å². The van der Waals surface area contributed by atoms with E-state index in [2.05, 4.69) is 5.32 Å². The second-order valence-corrected chi connectivity index (χ2v) is 5.33. The van der Waals surface area contributed by atoms with Gasteiger partial charge in [0.05, 0.1) is 6.04 Å². The van der Waals surface area contributed by atoms with E-state index in [4.69, 9.17) is 10.5 Å². The number of alkyl carbamates (subject to hydrolysis) is 1. The highest BCUT2D eigenvalue weighted by molar-refractivity contribution is 5.68. The van der Waals surface area contributed by atoms with Crippen LogP contribution in [0.15, 0.2) is 0 Å². The van der Waals surface area contributed by atoms with Crippen LogP contribution < -0.4 is 11.1 Å². The normalized spacial score (nSPS) is 30.9. The number of carbonyl (C=O) groups excluding carboxylic acids is 1. The van der Waals surface area contributed by atoms with Crippen LogP contribution >= 0.6 is 0 Å². The van der Waals surface area contributed by atoms with Gasteiger partial charge in [-0.2, -0.15) is 0 Å². The van der Waals surface area contributed by atoms with Gasteiger partial charge in [0.1, 0.15) is 11.8 Å². The van der Waals surface area contributed by atoms with Gasteiger partial charge in [-0.25, -0.2) is 9.18 Å². The summed E-state index contributed by atoms with van der Waals surface area (Å²) in [6.45, 7) is 5.35. The van der Waals surface area contributed by atoms with Crippen molar-refractivity contribution in [1.29, 1.82) is 0 Å². The SMILES string of the molecule is CC(C)(C)OC(=O)N[C@@H]1C[C@@H](F)CC[C@@H]1N. The number of alkyl halides is 1. The molecule has 0 spiro atoms. The van der Waals surface area contributed by atoms with E-state index in [0.29, 0.717) is 12.8 Å². The zero-order valence-electron chi connectivity index (χ0n) is 10.1. The summed E-state index contributed by atoms with van der Waals surface area (Å²) in [6.07, 6.45) is -0.0443. The number of rotatable bonds is 1. The van der Waals surface area contributed by atoms with Crippen LogP contribution in [0.1, 0.15) is 40.0 Å². The topological polar surface area (TPSA) is 64.3 Å². The van der Waals surface area contributed by atoms with Crippen LogP contribution in [0.2, 0.25) is 0 Å². The molecule has 0 radical (unpaired) electrons. The van der Waals surface area contributed by atoms with Crippen molar-refractivity contribution in [1.82, 2.24) is 5.32 Å². The Hall–Kier alpha value is -0.840. The molecule has 1 aliphatic carbocycles. The maximum absolute atomic E-state index is 13.1. The predicted molar refractivity (Wildman–Crippen MR) is 59.9 cm³/mol. The van der Waals surface area contributed by atoms with Gasteiger partial charge in [0.2, 0.25) is 0 Å². The maximum Gasteiger partial charge on any atom is 0.407 e. The fraction of sp³-hybridized carbons (Fsp3) is 0.909. The van der Waals surface area contributed by atoms with E-state index < -0.39 is 17.9 Å². The Kier molecular flexibility index (Phi) is 4.13. The van der Waals surface area contributed by atoms with Gasteiger partial charge in [-0.15, -0.1) is 0 Å². The molecule has 0 bridgehead atoms. The van der Waals surface area contributed by atoms with E-state index in [-0.39, 0.29) is 18.5 Å². The second kappa shape index (κ2) is 4.99. The average Bonchev–Trinajstić information content (AvgIpc) is 2.08. The molecular formula is C11H21FN2O2. The highest BCUT2D eigenvalue weighted by Gasteiger charge is 2.30. The first-order valence-electron chi connectivity index (χ1n) is 5.67. The number of halogens is 1. The third-order valence-corrected chi connectivity index (χ3v) is 2.54. The van der Waals surface area contributed by atoms with Crippen molar-refractivity contribution in [2.24, 2.45) is 5.73 Å². The molecule has 0 aromatic rings. The minimum atomic E-state index is -0.875. The lowest BCUT2D eigenvalue weighted by Gasteiger charge is -2.32. The number of hydrogen-bond acceptors (Lipinski definition) is 3.